The van der Waals surface area contributed by atoms with Gasteiger partial charge < -0.3 is 24.5 Å². The molecule has 0 saturated carbocycles. The topological polar surface area (TPSA) is 92.0 Å². The number of carbonyl (C=O) groups excluding carboxylic acids is 1. The summed E-state index contributed by atoms with van der Waals surface area (Å²) in [5.41, 5.74) is 0. The summed E-state index contributed by atoms with van der Waals surface area (Å²) in [6.45, 7) is 2.32. The molecule has 0 saturated heterocycles. The van der Waals surface area contributed by atoms with Crippen molar-refractivity contribution < 1.29 is 23.8 Å². The number of nitrogens with zero attached hydrogens (tertiary/aromatic N) is 1. The van der Waals surface area contributed by atoms with E-state index >= 15 is 0 Å². The molecule has 0 radical (unpaired) electrons. The second kappa shape index (κ2) is 7.54. The Morgan fingerprint density at radius 2 is 2.20 bits per heavy atom. The summed E-state index contributed by atoms with van der Waals surface area (Å²) in [4.78, 5) is 23.9. The van der Waals surface area contributed by atoms with Crippen LogP contribution >= 0.6 is 0 Å². The minimum Gasteiger partial charge on any atom is -0.481 e. The van der Waals surface area contributed by atoms with Crippen molar-refractivity contribution in [3.05, 3.63) is 23.7 Å². The summed E-state index contributed by atoms with van der Waals surface area (Å²) >= 11 is 0. The van der Waals surface area contributed by atoms with Crippen LogP contribution in [0.5, 0.6) is 0 Å². The molecule has 0 aliphatic heterocycles. The molecule has 0 fully saturated rings. The smallest absolute Gasteiger partial charge is 0.317 e. The van der Waals surface area contributed by atoms with Crippen LogP contribution in [0.2, 0.25) is 0 Å². The van der Waals surface area contributed by atoms with Crippen LogP contribution in [0.4, 0.5) is 4.79 Å². The van der Waals surface area contributed by atoms with E-state index in [4.69, 9.17) is 14.3 Å². The van der Waals surface area contributed by atoms with E-state index in [1.807, 2.05) is 19.1 Å². The predicted octanol–water partition coefficient (Wildman–Crippen LogP) is 1.22. The molecule has 1 aromatic rings. The molecule has 7 heteroatoms. The van der Waals surface area contributed by atoms with Crippen LogP contribution in [0.1, 0.15) is 17.9 Å². The van der Waals surface area contributed by atoms with Gasteiger partial charge in [0.1, 0.15) is 11.5 Å². The molecule has 0 aliphatic carbocycles. The number of carboxylic acid groups (broad SMARTS) is 1. The SMILES string of the molecule is COC(CNC(=O)N(C)Cc1ccc(C)o1)CC(=O)O. The van der Waals surface area contributed by atoms with Gasteiger partial charge in [0.2, 0.25) is 0 Å². The third-order valence-corrected chi connectivity index (χ3v) is 2.75. The lowest BCUT2D eigenvalue weighted by molar-refractivity contribution is -0.139. The van der Waals surface area contributed by atoms with Crippen LogP contribution in [0.15, 0.2) is 16.5 Å². The number of urea groups is 1. The standard InChI is InChI=1S/C13H20N2O5/c1-9-4-5-10(20-9)8-15(2)13(18)14-7-11(19-3)6-12(16)17/h4-5,11H,6-8H2,1-3H3,(H,14,18)(H,16,17). The molecule has 0 aromatic carbocycles. The maximum absolute atomic E-state index is 11.8. The average molecular weight is 284 g/mol. The first kappa shape index (κ1) is 16.0. The molecule has 0 spiro atoms. The van der Waals surface area contributed by atoms with Crippen molar-refractivity contribution in [1.29, 1.82) is 0 Å². The van der Waals surface area contributed by atoms with Crippen molar-refractivity contribution in [1.82, 2.24) is 10.2 Å². The van der Waals surface area contributed by atoms with Gasteiger partial charge in [0.15, 0.2) is 0 Å². The number of methoxy groups -OCH3 is 1. The zero-order chi connectivity index (χ0) is 15.1. The fourth-order valence-corrected chi connectivity index (χ4v) is 1.65. The fourth-order valence-electron chi connectivity index (χ4n) is 1.65. The zero-order valence-electron chi connectivity index (χ0n) is 11.9. The van der Waals surface area contributed by atoms with E-state index in [9.17, 15) is 9.59 Å². The number of ether oxygens (including phenoxy) is 1. The first-order valence-corrected chi connectivity index (χ1v) is 6.21. The number of rotatable bonds is 7. The van der Waals surface area contributed by atoms with Crippen LogP contribution in [0.25, 0.3) is 0 Å². The quantitative estimate of drug-likeness (QED) is 0.785. The molecule has 20 heavy (non-hydrogen) atoms. The van der Waals surface area contributed by atoms with Crippen molar-refractivity contribution in [2.45, 2.75) is 26.0 Å². The maximum atomic E-state index is 11.8. The molecular formula is C13H20N2O5. The van der Waals surface area contributed by atoms with Crippen LogP contribution in [-0.4, -0.2) is 48.8 Å². The monoisotopic (exact) mass is 284 g/mol. The van der Waals surface area contributed by atoms with Crippen molar-refractivity contribution in [3.63, 3.8) is 0 Å². The minimum absolute atomic E-state index is 0.142. The van der Waals surface area contributed by atoms with Gasteiger partial charge in [0, 0.05) is 20.7 Å². The number of amides is 2. The van der Waals surface area contributed by atoms with E-state index in [2.05, 4.69) is 5.32 Å². The maximum Gasteiger partial charge on any atom is 0.317 e. The number of hydrogen-bond donors (Lipinski definition) is 2. The van der Waals surface area contributed by atoms with E-state index in [0.717, 1.165) is 5.76 Å². The van der Waals surface area contributed by atoms with Gasteiger partial charge in [0.05, 0.1) is 19.1 Å². The van der Waals surface area contributed by atoms with Crippen LogP contribution in [-0.2, 0) is 16.1 Å². The van der Waals surface area contributed by atoms with Crippen LogP contribution < -0.4 is 5.32 Å². The molecule has 2 amide bonds. The van der Waals surface area contributed by atoms with Crippen molar-refractivity contribution in [2.24, 2.45) is 0 Å². The van der Waals surface area contributed by atoms with E-state index in [-0.39, 0.29) is 19.0 Å². The van der Waals surface area contributed by atoms with Crippen molar-refractivity contribution in [3.8, 4) is 0 Å². The third-order valence-electron chi connectivity index (χ3n) is 2.75. The molecule has 1 rings (SSSR count). The number of nitrogens with one attached hydrogen (secondary N) is 1. The average Bonchev–Trinajstić information content (AvgIpc) is 2.78. The molecule has 0 aliphatic rings. The van der Waals surface area contributed by atoms with Gasteiger partial charge in [-0.15, -0.1) is 0 Å². The molecular weight excluding hydrogens is 264 g/mol. The van der Waals surface area contributed by atoms with E-state index < -0.39 is 12.1 Å². The van der Waals surface area contributed by atoms with E-state index in [0.29, 0.717) is 12.3 Å². The van der Waals surface area contributed by atoms with Crippen molar-refractivity contribution in [2.75, 3.05) is 20.7 Å². The number of carbonyl (C=O) groups is 2. The van der Waals surface area contributed by atoms with E-state index in [1.165, 1.54) is 12.0 Å². The summed E-state index contributed by atoms with van der Waals surface area (Å²) in [6, 6.07) is 3.32. The highest BCUT2D eigenvalue weighted by molar-refractivity contribution is 5.74. The Morgan fingerprint density at radius 1 is 1.50 bits per heavy atom. The van der Waals surface area contributed by atoms with Gasteiger partial charge in [-0.2, -0.15) is 0 Å². The Balaban J connectivity index is 2.39. The minimum atomic E-state index is -0.967. The Bertz CT molecular complexity index is 457. The second-order valence-corrected chi connectivity index (χ2v) is 4.51. The predicted molar refractivity (Wildman–Crippen MR) is 71.4 cm³/mol. The zero-order valence-corrected chi connectivity index (χ0v) is 11.9. The Hall–Kier alpha value is -2.02. The highest BCUT2D eigenvalue weighted by Gasteiger charge is 2.16. The fraction of sp³-hybridized carbons (Fsp3) is 0.538. The first-order chi connectivity index (χ1) is 9.42. The Kier molecular flexibility index (Phi) is 6.05. The molecule has 1 aromatic heterocycles. The first-order valence-electron chi connectivity index (χ1n) is 6.21. The van der Waals surface area contributed by atoms with Gasteiger partial charge >= 0.3 is 12.0 Å². The van der Waals surface area contributed by atoms with Crippen LogP contribution in [0, 0.1) is 6.92 Å². The summed E-state index contributed by atoms with van der Waals surface area (Å²) in [5, 5.41) is 11.3. The Labute approximate surface area is 117 Å². The summed E-state index contributed by atoms with van der Waals surface area (Å²) < 4.78 is 10.4. The summed E-state index contributed by atoms with van der Waals surface area (Å²) in [7, 11) is 3.04. The number of hydrogen-bond acceptors (Lipinski definition) is 4. The van der Waals surface area contributed by atoms with Crippen molar-refractivity contribution >= 4 is 12.0 Å². The second-order valence-electron chi connectivity index (χ2n) is 4.51. The van der Waals surface area contributed by atoms with Gasteiger partial charge in [0.25, 0.3) is 0 Å². The highest BCUT2D eigenvalue weighted by atomic mass is 16.5. The molecule has 1 unspecified atom stereocenters. The lowest BCUT2D eigenvalue weighted by Gasteiger charge is -2.19. The molecule has 1 atom stereocenters. The lowest BCUT2D eigenvalue weighted by Crippen LogP contribution is -2.41. The number of aryl methyl sites for hydroxylation is 1. The molecule has 2 N–H and O–H groups in total. The highest BCUT2D eigenvalue weighted by Crippen LogP contribution is 2.08. The summed E-state index contributed by atoms with van der Waals surface area (Å²) in [6.07, 6.45) is -0.701. The number of aliphatic carboxylic acids is 1. The normalized spacial score (nSPS) is 11.9. The van der Waals surface area contributed by atoms with E-state index in [1.54, 1.807) is 7.05 Å². The van der Waals surface area contributed by atoms with Gasteiger partial charge in [-0.3, -0.25) is 4.79 Å². The molecule has 0 bridgehead atoms. The van der Waals surface area contributed by atoms with Gasteiger partial charge in [-0.05, 0) is 19.1 Å². The summed E-state index contributed by atoms with van der Waals surface area (Å²) in [5.74, 6) is 0.509. The third kappa shape index (κ3) is 5.31. The number of furan rings is 1. The Morgan fingerprint density at radius 3 is 2.70 bits per heavy atom. The van der Waals surface area contributed by atoms with Crippen LogP contribution in [0.3, 0.4) is 0 Å². The molecule has 7 nitrogen and oxygen atoms in total. The lowest BCUT2D eigenvalue weighted by atomic mass is 10.2. The van der Waals surface area contributed by atoms with Gasteiger partial charge in [-0.1, -0.05) is 0 Å². The number of carboxylic acids is 1. The van der Waals surface area contributed by atoms with Gasteiger partial charge in [-0.25, -0.2) is 4.79 Å². The largest absolute Gasteiger partial charge is 0.481 e. The molecule has 112 valence electrons. The molecule has 1 heterocycles.